The first-order valence-corrected chi connectivity index (χ1v) is 5.86. The van der Waals surface area contributed by atoms with E-state index in [1.54, 1.807) is 0 Å². The minimum Gasteiger partial charge on any atom is -0.388 e. The van der Waals surface area contributed by atoms with Gasteiger partial charge >= 0.3 is 6.18 Å². The summed E-state index contributed by atoms with van der Waals surface area (Å²) in [4.78, 5) is 3.76. The van der Waals surface area contributed by atoms with Gasteiger partial charge in [-0.05, 0) is 0 Å². The van der Waals surface area contributed by atoms with Crippen molar-refractivity contribution in [3.05, 3.63) is 0 Å². The average Bonchev–Trinajstić information content (AvgIpc) is 2.62. The maximum absolute atomic E-state index is 12.4. The summed E-state index contributed by atoms with van der Waals surface area (Å²) >= 11 is 0.843. The number of thioether (sulfide) groups is 1. The molecule has 6 unspecified atom stereocenters. The van der Waals surface area contributed by atoms with Crippen molar-refractivity contribution in [1.82, 2.24) is 0 Å². The van der Waals surface area contributed by atoms with Crippen LogP contribution in [0.15, 0.2) is 4.99 Å². The van der Waals surface area contributed by atoms with E-state index >= 15 is 0 Å². The van der Waals surface area contributed by atoms with Crippen molar-refractivity contribution >= 4 is 16.9 Å². The van der Waals surface area contributed by atoms with Crippen molar-refractivity contribution in [3.63, 3.8) is 0 Å². The van der Waals surface area contributed by atoms with Gasteiger partial charge in [0.25, 0.3) is 0 Å². The Morgan fingerprint density at radius 1 is 1.33 bits per heavy atom. The maximum Gasteiger partial charge on any atom is 0.417 e. The molecule has 0 bridgehead atoms. The van der Waals surface area contributed by atoms with Crippen molar-refractivity contribution in [2.24, 2.45) is 10.7 Å². The molecule has 2 rings (SSSR count). The molecular weight excluding hydrogens is 277 g/mol. The molecule has 0 radical (unpaired) electrons. The van der Waals surface area contributed by atoms with E-state index in [1.165, 1.54) is 0 Å². The third-order valence-corrected chi connectivity index (χ3v) is 3.74. The number of hydrogen-bond acceptors (Lipinski definition) is 7. The number of rotatable bonds is 1. The molecule has 5 N–H and O–H groups in total. The van der Waals surface area contributed by atoms with Crippen LogP contribution in [0, 0.1) is 0 Å². The minimum atomic E-state index is -4.95. The molecular formula is C8H11F3N2O4S. The molecule has 10 heteroatoms. The van der Waals surface area contributed by atoms with Crippen molar-refractivity contribution in [2.45, 2.75) is 42.1 Å². The first-order valence-electron chi connectivity index (χ1n) is 4.98. The third kappa shape index (κ3) is 2.30. The molecule has 0 aromatic heterocycles. The van der Waals surface area contributed by atoms with E-state index in [4.69, 9.17) is 15.6 Å². The van der Waals surface area contributed by atoms with Gasteiger partial charge in [-0.15, -0.1) is 0 Å². The number of nitrogens with two attached hydrogens (primary N) is 1. The van der Waals surface area contributed by atoms with E-state index in [1.807, 2.05) is 0 Å². The Balaban J connectivity index is 2.17. The Morgan fingerprint density at radius 3 is 2.50 bits per heavy atom. The van der Waals surface area contributed by atoms with Crippen LogP contribution in [0.3, 0.4) is 0 Å². The first-order chi connectivity index (χ1) is 8.21. The fourth-order valence-electron chi connectivity index (χ4n) is 1.85. The molecule has 0 spiro atoms. The van der Waals surface area contributed by atoms with Gasteiger partial charge in [0, 0.05) is 0 Å². The second-order valence-corrected chi connectivity index (χ2v) is 5.13. The van der Waals surface area contributed by atoms with Crippen LogP contribution in [0.5, 0.6) is 0 Å². The SMILES string of the molecule is NC1=NC2C(OC(C(O)C(F)(F)F)C(O)C2O)S1. The number of nitrogens with zero attached hydrogens (tertiary/aromatic N) is 1. The predicted octanol–water partition coefficient (Wildman–Crippen LogP) is -1.21. The number of alkyl halides is 3. The number of aliphatic imine (C=N–C) groups is 1. The highest BCUT2D eigenvalue weighted by Gasteiger charge is 2.55. The molecule has 18 heavy (non-hydrogen) atoms. The van der Waals surface area contributed by atoms with E-state index in [-0.39, 0.29) is 5.17 Å². The summed E-state index contributed by atoms with van der Waals surface area (Å²) in [5.41, 5.74) is 4.43. The second kappa shape index (κ2) is 4.53. The summed E-state index contributed by atoms with van der Waals surface area (Å²) in [6.45, 7) is 0. The fraction of sp³-hybridized carbons (Fsp3) is 0.875. The standard InChI is InChI=1S/C8H11F3N2O4S/c9-8(10,11)5(16)4-3(15)2(14)1-6(17-4)18-7(12)13-1/h1-6,14-16H,(H2,12,13). The molecule has 0 aliphatic carbocycles. The van der Waals surface area contributed by atoms with Gasteiger partial charge in [0.1, 0.15) is 29.8 Å². The van der Waals surface area contributed by atoms with E-state index in [0.29, 0.717) is 0 Å². The third-order valence-electron chi connectivity index (χ3n) is 2.77. The number of halogens is 3. The number of ether oxygens (including phenoxy) is 1. The summed E-state index contributed by atoms with van der Waals surface area (Å²) in [6, 6.07) is -0.929. The van der Waals surface area contributed by atoms with E-state index in [9.17, 15) is 23.4 Å². The van der Waals surface area contributed by atoms with Crippen molar-refractivity contribution < 1.29 is 33.2 Å². The van der Waals surface area contributed by atoms with Gasteiger partial charge in [0.05, 0.1) is 0 Å². The van der Waals surface area contributed by atoms with E-state index < -0.39 is 42.1 Å². The summed E-state index contributed by atoms with van der Waals surface area (Å²) < 4.78 is 42.1. The lowest BCUT2D eigenvalue weighted by molar-refractivity contribution is -0.271. The lowest BCUT2D eigenvalue weighted by atomic mass is 9.94. The zero-order valence-electron chi connectivity index (χ0n) is 8.78. The molecule has 2 aliphatic rings. The summed E-state index contributed by atoms with van der Waals surface area (Å²) in [7, 11) is 0. The Kier molecular flexibility index (Phi) is 3.49. The van der Waals surface area contributed by atoms with Gasteiger partial charge in [0.15, 0.2) is 11.3 Å². The molecule has 0 saturated carbocycles. The molecule has 0 aromatic carbocycles. The smallest absolute Gasteiger partial charge is 0.388 e. The highest BCUT2D eigenvalue weighted by Crippen LogP contribution is 2.38. The highest BCUT2D eigenvalue weighted by atomic mass is 32.2. The van der Waals surface area contributed by atoms with Crippen LogP contribution in [0.2, 0.25) is 0 Å². The molecule has 1 saturated heterocycles. The molecule has 2 heterocycles. The fourth-order valence-corrected chi connectivity index (χ4v) is 2.82. The lowest BCUT2D eigenvalue weighted by Gasteiger charge is -2.40. The van der Waals surface area contributed by atoms with E-state index in [0.717, 1.165) is 11.8 Å². The average molecular weight is 288 g/mol. The molecule has 2 aliphatic heterocycles. The van der Waals surface area contributed by atoms with Crippen LogP contribution in [0.25, 0.3) is 0 Å². The molecule has 0 amide bonds. The van der Waals surface area contributed by atoms with Crippen molar-refractivity contribution in [3.8, 4) is 0 Å². The van der Waals surface area contributed by atoms with Crippen LogP contribution < -0.4 is 5.73 Å². The van der Waals surface area contributed by atoms with Gasteiger partial charge < -0.3 is 25.8 Å². The Hall–Kier alpha value is -0.550. The lowest BCUT2D eigenvalue weighted by Crippen LogP contribution is -2.60. The quantitative estimate of drug-likeness (QED) is 0.482. The molecule has 6 atom stereocenters. The molecule has 104 valence electrons. The largest absolute Gasteiger partial charge is 0.417 e. The van der Waals surface area contributed by atoms with E-state index in [2.05, 4.69) is 4.99 Å². The van der Waals surface area contributed by atoms with Crippen LogP contribution in [-0.2, 0) is 4.74 Å². The van der Waals surface area contributed by atoms with Crippen LogP contribution in [0.4, 0.5) is 13.2 Å². The predicted molar refractivity (Wildman–Crippen MR) is 55.7 cm³/mol. The number of fused-ring (bicyclic) bond motifs is 1. The zero-order chi connectivity index (χ0) is 13.7. The summed E-state index contributed by atoms with van der Waals surface area (Å²) in [5, 5.41) is 28.4. The number of hydrogen-bond donors (Lipinski definition) is 4. The van der Waals surface area contributed by atoms with Crippen molar-refractivity contribution in [2.75, 3.05) is 0 Å². The van der Waals surface area contributed by atoms with Gasteiger partial charge in [-0.1, -0.05) is 11.8 Å². The maximum atomic E-state index is 12.4. The molecule has 1 fully saturated rings. The summed E-state index contributed by atoms with van der Waals surface area (Å²) in [5.74, 6) is 0. The zero-order valence-corrected chi connectivity index (χ0v) is 9.60. The number of amidine groups is 1. The normalized spacial score (nSPS) is 42.3. The number of aliphatic hydroxyl groups excluding tert-OH is 3. The minimum absolute atomic E-state index is 0.0541. The Labute approximate surface area is 104 Å². The molecule has 0 aromatic rings. The Morgan fingerprint density at radius 2 is 1.94 bits per heavy atom. The van der Waals surface area contributed by atoms with Gasteiger partial charge in [-0.2, -0.15) is 13.2 Å². The van der Waals surface area contributed by atoms with Gasteiger partial charge in [-0.3, -0.25) is 4.99 Å². The second-order valence-electron chi connectivity index (χ2n) is 4.01. The van der Waals surface area contributed by atoms with Crippen LogP contribution in [0.1, 0.15) is 0 Å². The highest BCUT2D eigenvalue weighted by molar-refractivity contribution is 8.14. The molecule has 6 nitrogen and oxygen atoms in total. The first kappa shape index (κ1) is 13.9. The monoisotopic (exact) mass is 288 g/mol. The van der Waals surface area contributed by atoms with Crippen LogP contribution >= 0.6 is 11.8 Å². The van der Waals surface area contributed by atoms with Crippen LogP contribution in [-0.4, -0.2) is 62.6 Å². The number of aliphatic hydroxyl groups is 3. The summed E-state index contributed by atoms with van der Waals surface area (Å²) in [6.07, 6.45) is -13.3. The van der Waals surface area contributed by atoms with Crippen molar-refractivity contribution in [1.29, 1.82) is 0 Å². The van der Waals surface area contributed by atoms with Gasteiger partial charge in [-0.25, -0.2) is 0 Å². The topological polar surface area (TPSA) is 108 Å². The van der Waals surface area contributed by atoms with Gasteiger partial charge in [0.2, 0.25) is 0 Å². The Bertz CT molecular complexity index is 367.